The third kappa shape index (κ3) is 3.58. The van der Waals surface area contributed by atoms with Gasteiger partial charge in [-0.3, -0.25) is 0 Å². The molecule has 118 valence electrons. The maximum atomic E-state index is 12.7. The first-order chi connectivity index (χ1) is 9.74. The molecule has 0 aromatic heterocycles. The van der Waals surface area contributed by atoms with Gasteiger partial charge in [0.2, 0.25) is 0 Å². The lowest BCUT2D eigenvalue weighted by molar-refractivity contribution is -0.137. The van der Waals surface area contributed by atoms with Crippen molar-refractivity contribution in [1.29, 1.82) is 0 Å². The number of hydrogen-bond acceptors (Lipinski definition) is 2. The van der Waals surface area contributed by atoms with Gasteiger partial charge < -0.3 is 10.2 Å². The number of halogens is 3. The highest BCUT2D eigenvalue weighted by molar-refractivity contribution is 5.27. The van der Waals surface area contributed by atoms with Crippen LogP contribution in [-0.4, -0.2) is 31.1 Å². The maximum absolute atomic E-state index is 12.7. The van der Waals surface area contributed by atoms with Gasteiger partial charge in [-0.1, -0.05) is 12.1 Å². The van der Waals surface area contributed by atoms with Gasteiger partial charge in [-0.2, -0.15) is 13.2 Å². The van der Waals surface area contributed by atoms with E-state index in [4.69, 9.17) is 0 Å². The molecule has 0 saturated heterocycles. The van der Waals surface area contributed by atoms with Crippen LogP contribution in [0.4, 0.5) is 13.2 Å². The molecule has 2 rings (SSSR count). The monoisotopic (exact) mass is 300 g/mol. The fraction of sp³-hybridized carbons (Fsp3) is 0.625. The van der Waals surface area contributed by atoms with Crippen molar-refractivity contribution in [2.24, 2.45) is 0 Å². The minimum absolute atomic E-state index is 0.0928. The Labute approximate surface area is 124 Å². The molecule has 1 unspecified atom stereocenters. The fourth-order valence-electron chi connectivity index (χ4n) is 2.81. The van der Waals surface area contributed by atoms with E-state index in [1.807, 2.05) is 6.92 Å². The van der Waals surface area contributed by atoms with E-state index in [1.54, 1.807) is 6.07 Å². The van der Waals surface area contributed by atoms with Crippen LogP contribution in [-0.2, 0) is 6.18 Å². The summed E-state index contributed by atoms with van der Waals surface area (Å²) in [6.07, 6.45) is -0.781. The van der Waals surface area contributed by atoms with Crippen LogP contribution < -0.4 is 5.32 Å². The van der Waals surface area contributed by atoms with Gasteiger partial charge in [0, 0.05) is 18.1 Å². The smallest absolute Gasteiger partial charge is 0.308 e. The van der Waals surface area contributed by atoms with Crippen molar-refractivity contribution in [3.63, 3.8) is 0 Å². The molecule has 0 radical (unpaired) electrons. The van der Waals surface area contributed by atoms with Crippen LogP contribution in [0.1, 0.15) is 43.4 Å². The van der Waals surface area contributed by atoms with Crippen molar-refractivity contribution in [3.05, 3.63) is 35.4 Å². The second kappa shape index (κ2) is 5.97. The second-order valence-electron chi connectivity index (χ2n) is 6.20. The Morgan fingerprint density at radius 3 is 2.43 bits per heavy atom. The summed E-state index contributed by atoms with van der Waals surface area (Å²) in [6, 6.07) is 5.48. The molecule has 1 N–H and O–H groups in total. The third-order valence-corrected chi connectivity index (χ3v) is 4.68. The summed E-state index contributed by atoms with van der Waals surface area (Å²) in [5.74, 6) is 0. The number of alkyl halides is 3. The summed E-state index contributed by atoms with van der Waals surface area (Å²) in [7, 11) is 4.13. The normalized spacial score (nSPS) is 19.4. The number of likely N-dealkylation sites (N-methyl/N-ethyl adjacent to an activating group) is 1. The Kier molecular flexibility index (Phi) is 4.63. The first-order valence-electron chi connectivity index (χ1n) is 7.33. The van der Waals surface area contributed by atoms with Crippen molar-refractivity contribution >= 4 is 0 Å². The van der Waals surface area contributed by atoms with Crippen LogP contribution >= 0.6 is 0 Å². The van der Waals surface area contributed by atoms with E-state index in [2.05, 4.69) is 24.3 Å². The number of nitrogens with one attached hydrogen (secondary N) is 1. The molecule has 0 spiro atoms. The van der Waals surface area contributed by atoms with Crippen LogP contribution in [0.15, 0.2) is 24.3 Å². The van der Waals surface area contributed by atoms with Crippen molar-refractivity contribution in [1.82, 2.24) is 10.2 Å². The molecule has 1 aromatic rings. The van der Waals surface area contributed by atoms with E-state index in [-0.39, 0.29) is 11.6 Å². The Morgan fingerprint density at radius 2 is 1.95 bits per heavy atom. The quantitative estimate of drug-likeness (QED) is 0.889. The Balaban J connectivity index is 2.02. The summed E-state index contributed by atoms with van der Waals surface area (Å²) in [5, 5.41) is 3.39. The molecule has 1 atom stereocenters. The van der Waals surface area contributed by atoms with Crippen LogP contribution in [0.5, 0.6) is 0 Å². The lowest BCUT2D eigenvalue weighted by Crippen LogP contribution is -2.56. The highest BCUT2D eigenvalue weighted by Gasteiger charge is 2.39. The highest BCUT2D eigenvalue weighted by Crippen LogP contribution is 2.36. The van der Waals surface area contributed by atoms with E-state index < -0.39 is 11.7 Å². The van der Waals surface area contributed by atoms with Crippen molar-refractivity contribution in [3.8, 4) is 0 Å². The van der Waals surface area contributed by atoms with Gasteiger partial charge in [0.05, 0.1) is 5.56 Å². The molecule has 1 aliphatic carbocycles. The molecule has 2 nitrogen and oxygen atoms in total. The van der Waals surface area contributed by atoms with Gasteiger partial charge in [0.1, 0.15) is 0 Å². The summed E-state index contributed by atoms with van der Waals surface area (Å²) in [4.78, 5) is 2.22. The predicted molar refractivity (Wildman–Crippen MR) is 78.1 cm³/mol. The van der Waals surface area contributed by atoms with Gasteiger partial charge in [-0.05, 0) is 58.0 Å². The van der Waals surface area contributed by atoms with Crippen molar-refractivity contribution < 1.29 is 13.2 Å². The van der Waals surface area contributed by atoms with Crippen molar-refractivity contribution in [2.75, 3.05) is 20.6 Å². The largest absolute Gasteiger partial charge is 0.416 e. The summed E-state index contributed by atoms with van der Waals surface area (Å²) < 4.78 is 38.2. The minimum atomic E-state index is -4.28. The Bertz CT molecular complexity index is 479. The maximum Gasteiger partial charge on any atom is 0.416 e. The zero-order chi connectivity index (χ0) is 15.7. The SMILES string of the molecule is CC(NCC1(N(C)C)CCC1)c1cccc(C(F)(F)F)c1. The highest BCUT2D eigenvalue weighted by atomic mass is 19.4. The molecular formula is C16H23F3N2. The topological polar surface area (TPSA) is 15.3 Å². The predicted octanol–water partition coefficient (Wildman–Crippen LogP) is 3.84. The van der Waals surface area contributed by atoms with Crippen LogP contribution in [0.2, 0.25) is 0 Å². The van der Waals surface area contributed by atoms with Gasteiger partial charge in [-0.25, -0.2) is 0 Å². The molecule has 5 heteroatoms. The van der Waals surface area contributed by atoms with Crippen LogP contribution in [0, 0.1) is 0 Å². The zero-order valence-corrected chi connectivity index (χ0v) is 12.8. The lowest BCUT2D eigenvalue weighted by Gasteiger charge is -2.48. The fourth-order valence-corrected chi connectivity index (χ4v) is 2.81. The van der Waals surface area contributed by atoms with E-state index >= 15 is 0 Å². The van der Waals surface area contributed by atoms with Crippen LogP contribution in [0.25, 0.3) is 0 Å². The summed E-state index contributed by atoms with van der Waals surface area (Å²) >= 11 is 0. The second-order valence-corrected chi connectivity index (χ2v) is 6.20. The Hall–Kier alpha value is -1.07. The average Bonchev–Trinajstić information content (AvgIpc) is 2.36. The minimum Gasteiger partial charge on any atom is -0.308 e. The summed E-state index contributed by atoms with van der Waals surface area (Å²) in [6.45, 7) is 2.72. The molecule has 0 amide bonds. The van der Waals surface area contributed by atoms with Gasteiger partial charge in [0.25, 0.3) is 0 Å². The number of nitrogens with zero attached hydrogens (tertiary/aromatic N) is 1. The van der Waals surface area contributed by atoms with E-state index in [0.717, 1.165) is 25.5 Å². The molecule has 21 heavy (non-hydrogen) atoms. The van der Waals surface area contributed by atoms with E-state index in [0.29, 0.717) is 5.56 Å². The van der Waals surface area contributed by atoms with Gasteiger partial charge >= 0.3 is 6.18 Å². The first kappa shape index (κ1) is 16.3. The zero-order valence-electron chi connectivity index (χ0n) is 12.8. The number of rotatable bonds is 5. The molecular weight excluding hydrogens is 277 g/mol. The molecule has 0 aliphatic heterocycles. The molecule has 1 aliphatic rings. The average molecular weight is 300 g/mol. The molecule has 0 bridgehead atoms. The van der Waals surface area contributed by atoms with Gasteiger partial charge in [0.15, 0.2) is 0 Å². The van der Waals surface area contributed by atoms with E-state index in [1.165, 1.54) is 18.6 Å². The third-order valence-electron chi connectivity index (χ3n) is 4.68. The Morgan fingerprint density at radius 1 is 1.29 bits per heavy atom. The van der Waals surface area contributed by atoms with Crippen LogP contribution in [0.3, 0.4) is 0 Å². The number of benzene rings is 1. The molecule has 1 fully saturated rings. The molecule has 0 heterocycles. The molecule has 1 aromatic carbocycles. The van der Waals surface area contributed by atoms with Crippen molar-refractivity contribution in [2.45, 2.75) is 43.9 Å². The first-order valence-corrected chi connectivity index (χ1v) is 7.33. The summed E-state index contributed by atoms with van der Waals surface area (Å²) in [5.41, 5.74) is 0.258. The molecule has 1 saturated carbocycles. The lowest BCUT2D eigenvalue weighted by atomic mass is 9.75. The van der Waals surface area contributed by atoms with E-state index in [9.17, 15) is 13.2 Å². The van der Waals surface area contributed by atoms with Gasteiger partial charge in [-0.15, -0.1) is 0 Å². The number of hydrogen-bond donors (Lipinski definition) is 1. The standard InChI is InChI=1S/C16H23F3N2/c1-12(20-11-15(21(2)3)8-5-9-15)13-6-4-7-14(10-13)16(17,18)19/h4,6-7,10,12,20H,5,8-9,11H2,1-3H3.